The number of hydrogen-bond donors (Lipinski definition) is 1. The van der Waals surface area contributed by atoms with E-state index in [1.807, 2.05) is 13.8 Å². The van der Waals surface area contributed by atoms with E-state index in [1.54, 1.807) is 0 Å². The second-order valence-electron chi connectivity index (χ2n) is 7.10. The molecule has 0 bridgehead atoms. The summed E-state index contributed by atoms with van der Waals surface area (Å²) in [5.74, 6) is -0.256. The van der Waals surface area contributed by atoms with Gasteiger partial charge in [-0.25, -0.2) is 4.79 Å². The molecule has 0 saturated heterocycles. The van der Waals surface area contributed by atoms with Gasteiger partial charge in [0.2, 0.25) is 0 Å². The van der Waals surface area contributed by atoms with E-state index in [9.17, 15) is 4.79 Å². The van der Waals surface area contributed by atoms with Crippen molar-refractivity contribution in [2.75, 3.05) is 13.2 Å². The van der Waals surface area contributed by atoms with Crippen LogP contribution in [0.4, 0.5) is 0 Å². The number of carbonyl (C=O) groups excluding carboxylic acids is 1. The van der Waals surface area contributed by atoms with Gasteiger partial charge in [-0.2, -0.15) is 0 Å². The van der Waals surface area contributed by atoms with Gasteiger partial charge >= 0.3 is 5.97 Å². The second-order valence-corrected chi connectivity index (χ2v) is 7.10. The zero-order valence-electron chi connectivity index (χ0n) is 17.2. The van der Waals surface area contributed by atoms with Crippen molar-refractivity contribution >= 4 is 5.97 Å². The van der Waals surface area contributed by atoms with E-state index in [1.165, 1.54) is 96.0 Å². The van der Waals surface area contributed by atoms with Crippen LogP contribution in [0.25, 0.3) is 0 Å². The van der Waals surface area contributed by atoms with E-state index in [4.69, 9.17) is 4.74 Å². The highest BCUT2D eigenvalue weighted by Gasteiger charge is 1.98. The lowest BCUT2D eigenvalue weighted by atomic mass is 10.0. The van der Waals surface area contributed by atoms with Crippen molar-refractivity contribution in [1.82, 2.24) is 5.32 Å². The van der Waals surface area contributed by atoms with Crippen LogP contribution in [0.1, 0.15) is 111 Å². The molecule has 0 aromatic heterocycles. The maximum atomic E-state index is 11.3. The average molecular weight is 354 g/mol. The molecular formula is C22H43NO2. The van der Waals surface area contributed by atoms with Crippen LogP contribution in [0, 0.1) is 0 Å². The fraction of sp³-hybridized carbons (Fsp3) is 0.864. The highest BCUT2D eigenvalue weighted by atomic mass is 16.5. The molecule has 0 aliphatic heterocycles. The highest BCUT2D eigenvalue weighted by molar-refractivity contribution is 5.82. The Hall–Kier alpha value is -0.990. The van der Waals surface area contributed by atoms with Crippen molar-refractivity contribution in [3.8, 4) is 0 Å². The monoisotopic (exact) mass is 353 g/mol. The number of allylic oxidation sites excluding steroid dienone is 1. The molecule has 0 fully saturated rings. The van der Waals surface area contributed by atoms with Crippen LogP contribution < -0.4 is 5.32 Å². The van der Waals surface area contributed by atoms with Crippen LogP contribution in [0.2, 0.25) is 0 Å². The number of carbonyl (C=O) groups is 1. The number of ether oxygens (including phenoxy) is 1. The molecule has 0 aliphatic carbocycles. The minimum Gasteiger partial charge on any atom is -0.463 e. The van der Waals surface area contributed by atoms with Gasteiger partial charge in [-0.05, 0) is 20.3 Å². The molecule has 1 N–H and O–H groups in total. The highest BCUT2D eigenvalue weighted by Crippen LogP contribution is 2.12. The molecule has 0 amide bonds. The molecule has 3 heteroatoms. The number of nitrogens with one attached hydrogen (secondary N) is 1. The summed E-state index contributed by atoms with van der Waals surface area (Å²) in [4.78, 5) is 11.3. The second kappa shape index (κ2) is 19.3. The third-order valence-corrected chi connectivity index (χ3v) is 4.56. The Morgan fingerprint density at radius 2 is 1.20 bits per heavy atom. The fourth-order valence-electron chi connectivity index (χ4n) is 3.02. The summed E-state index contributed by atoms with van der Waals surface area (Å²) in [6.07, 6.45) is 20.9. The molecule has 0 radical (unpaired) electrons. The lowest BCUT2D eigenvalue weighted by molar-refractivity contribution is -0.137. The SMILES string of the molecule is CCCCCCCCCCCCCCCCN/C(C)=C\C(=O)OCC. The van der Waals surface area contributed by atoms with Gasteiger partial charge < -0.3 is 10.1 Å². The average Bonchev–Trinajstić information content (AvgIpc) is 2.58. The molecule has 0 spiro atoms. The van der Waals surface area contributed by atoms with Crippen LogP contribution >= 0.6 is 0 Å². The van der Waals surface area contributed by atoms with Crippen LogP contribution in [0.15, 0.2) is 11.8 Å². The maximum absolute atomic E-state index is 11.3. The van der Waals surface area contributed by atoms with Gasteiger partial charge in [0, 0.05) is 18.3 Å². The molecule has 0 rings (SSSR count). The Morgan fingerprint density at radius 3 is 1.64 bits per heavy atom. The zero-order valence-corrected chi connectivity index (χ0v) is 17.2. The fourth-order valence-corrected chi connectivity index (χ4v) is 3.02. The molecule has 0 aromatic rings. The molecule has 148 valence electrons. The summed E-state index contributed by atoms with van der Waals surface area (Å²) in [6.45, 7) is 7.39. The Balaban J connectivity index is 3.22. The van der Waals surface area contributed by atoms with Gasteiger partial charge in [0.1, 0.15) is 0 Å². The number of esters is 1. The van der Waals surface area contributed by atoms with Crippen molar-refractivity contribution in [2.45, 2.75) is 111 Å². The Bertz CT molecular complexity index is 326. The molecule has 0 unspecified atom stereocenters. The van der Waals surface area contributed by atoms with Gasteiger partial charge in [0.05, 0.1) is 6.61 Å². The lowest BCUT2D eigenvalue weighted by Gasteiger charge is -2.06. The predicted octanol–water partition coefficient (Wildman–Crippen LogP) is 6.52. The minimum atomic E-state index is -0.256. The van der Waals surface area contributed by atoms with Crippen LogP contribution in [0.5, 0.6) is 0 Å². The Morgan fingerprint density at radius 1 is 0.760 bits per heavy atom. The van der Waals surface area contributed by atoms with E-state index in [0.29, 0.717) is 6.61 Å². The summed E-state index contributed by atoms with van der Waals surface area (Å²) < 4.78 is 4.89. The van der Waals surface area contributed by atoms with E-state index >= 15 is 0 Å². The number of rotatable bonds is 18. The normalized spacial score (nSPS) is 11.6. The molecule has 0 saturated carbocycles. The summed E-state index contributed by atoms with van der Waals surface area (Å²) in [6, 6.07) is 0. The Kier molecular flexibility index (Phi) is 18.6. The molecule has 3 nitrogen and oxygen atoms in total. The van der Waals surface area contributed by atoms with Crippen LogP contribution in [-0.2, 0) is 9.53 Å². The van der Waals surface area contributed by atoms with E-state index in [2.05, 4.69) is 12.2 Å². The van der Waals surface area contributed by atoms with Gasteiger partial charge in [-0.3, -0.25) is 0 Å². The van der Waals surface area contributed by atoms with Gasteiger partial charge in [-0.1, -0.05) is 90.4 Å². The first-order chi connectivity index (χ1) is 12.2. The predicted molar refractivity (Wildman–Crippen MR) is 109 cm³/mol. The third kappa shape index (κ3) is 19.2. The van der Waals surface area contributed by atoms with E-state index < -0.39 is 0 Å². The topological polar surface area (TPSA) is 38.3 Å². The first-order valence-corrected chi connectivity index (χ1v) is 10.8. The largest absolute Gasteiger partial charge is 0.463 e. The van der Waals surface area contributed by atoms with Crippen molar-refractivity contribution in [3.05, 3.63) is 11.8 Å². The third-order valence-electron chi connectivity index (χ3n) is 4.56. The zero-order chi connectivity index (χ0) is 18.6. The van der Waals surface area contributed by atoms with Crippen LogP contribution in [0.3, 0.4) is 0 Å². The molecule has 0 atom stereocenters. The van der Waals surface area contributed by atoms with Crippen LogP contribution in [-0.4, -0.2) is 19.1 Å². The minimum absolute atomic E-state index is 0.256. The number of unbranched alkanes of at least 4 members (excludes halogenated alkanes) is 13. The molecular weight excluding hydrogens is 310 g/mol. The summed E-state index contributed by atoms with van der Waals surface area (Å²) in [5, 5.41) is 3.28. The lowest BCUT2D eigenvalue weighted by Crippen LogP contribution is -2.14. The van der Waals surface area contributed by atoms with Gasteiger partial charge in [0.15, 0.2) is 0 Å². The summed E-state index contributed by atoms with van der Waals surface area (Å²) >= 11 is 0. The quantitative estimate of drug-likeness (QED) is 0.173. The standard InChI is InChI=1S/C22H43NO2/c1-4-6-7-8-9-10-11-12-13-14-15-16-17-18-19-23-21(3)20-22(24)25-5-2/h20,23H,4-19H2,1-3H3/b21-20-. The molecule has 0 heterocycles. The maximum Gasteiger partial charge on any atom is 0.332 e. The molecule has 25 heavy (non-hydrogen) atoms. The van der Waals surface area contributed by atoms with Crippen molar-refractivity contribution in [3.63, 3.8) is 0 Å². The summed E-state index contributed by atoms with van der Waals surface area (Å²) in [7, 11) is 0. The van der Waals surface area contributed by atoms with E-state index in [-0.39, 0.29) is 5.97 Å². The van der Waals surface area contributed by atoms with Crippen molar-refractivity contribution in [2.24, 2.45) is 0 Å². The van der Waals surface area contributed by atoms with Crippen molar-refractivity contribution in [1.29, 1.82) is 0 Å². The summed E-state index contributed by atoms with van der Waals surface area (Å²) in [5.41, 5.74) is 0.896. The number of hydrogen-bond acceptors (Lipinski definition) is 3. The molecule has 0 aliphatic rings. The smallest absolute Gasteiger partial charge is 0.332 e. The van der Waals surface area contributed by atoms with Gasteiger partial charge in [0.25, 0.3) is 0 Å². The van der Waals surface area contributed by atoms with Gasteiger partial charge in [-0.15, -0.1) is 0 Å². The molecule has 0 aromatic carbocycles. The Labute approximate surface area is 157 Å². The first kappa shape index (κ1) is 24.0. The van der Waals surface area contributed by atoms with Crippen molar-refractivity contribution < 1.29 is 9.53 Å². The van der Waals surface area contributed by atoms with E-state index in [0.717, 1.165) is 12.2 Å². The first-order valence-electron chi connectivity index (χ1n) is 10.8.